The smallest absolute Gasteiger partial charge is 0.241 e. The highest BCUT2D eigenvalue weighted by Crippen LogP contribution is 2.10. The average Bonchev–Trinajstić information content (AvgIpc) is 2.53. The van der Waals surface area contributed by atoms with E-state index in [1.165, 1.54) is 11.1 Å². The summed E-state index contributed by atoms with van der Waals surface area (Å²) in [4.78, 5) is 17.8. The highest BCUT2D eigenvalue weighted by molar-refractivity contribution is 14.0. The van der Waals surface area contributed by atoms with Gasteiger partial charge in [-0.1, -0.05) is 38.1 Å². The minimum Gasteiger partial charge on any atom is -0.356 e. The van der Waals surface area contributed by atoms with Crippen LogP contribution in [0.1, 0.15) is 31.4 Å². The molecular formula is C17H29IN4O. The van der Waals surface area contributed by atoms with E-state index in [0.717, 1.165) is 19.4 Å². The summed E-state index contributed by atoms with van der Waals surface area (Å²) >= 11 is 0. The molecule has 0 aromatic heterocycles. The van der Waals surface area contributed by atoms with E-state index in [-0.39, 0.29) is 36.4 Å². The zero-order valence-electron chi connectivity index (χ0n) is 14.6. The molecule has 0 aliphatic heterocycles. The summed E-state index contributed by atoms with van der Waals surface area (Å²) in [6.45, 7) is 5.93. The fourth-order valence-electron chi connectivity index (χ4n) is 1.96. The number of aryl methyl sites for hydroxylation is 1. The average molecular weight is 432 g/mol. The molecule has 0 saturated heterocycles. The van der Waals surface area contributed by atoms with Gasteiger partial charge in [-0.3, -0.25) is 4.79 Å². The van der Waals surface area contributed by atoms with E-state index in [1.807, 2.05) is 6.07 Å². The molecule has 5 nitrogen and oxygen atoms in total. The van der Waals surface area contributed by atoms with Crippen LogP contribution in [0, 0.1) is 0 Å². The lowest BCUT2D eigenvalue weighted by Crippen LogP contribution is -2.43. The Labute approximate surface area is 157 Å². The number of nitrogens with zero attached hydrogens (tertiary/aromatic N) is 2. The number of guanidine groups is 1. The fourth-order valence-corrected chi connectivity index (χ4v) is 1.96. The van der Waals surface area contributed by atoms with Crippen LogP contribution in [0.2, 0.25) is 0 Å². The van der Waals surface area contributed by atoms with Crippen molar-refractivity contribution in [3.63, 3.8) is 0 Å². The van der Waals surface area contributed by atoms with Crippen molar-refractivity contribution < 1.29 is 4.79 Å². The Kier molecular flexibility index (Phi) is 11.5. The van der Waals surface area contributed by atoms with Gasteiger partial charge in [-0.2, -0.15) is 0 Å². The summed E-state index contributed by atoms with van der Waals surface area (Å²) in [5, 5.41) is 6.33. The molecule has 0 bridgehead atoms. The summed E-state index contributed by atoms with van der Waals surface area (Å²) in [7, 11) is 3.50. The van der Waals surface area contributed by atoms with E-state index < -0.39 is 0 Å². The summed E-state index contributed by atoms with van der Waals surface area (Å²) in [6.07, 6.45) is 2.00. The number of halogens is 1. The third-order valence-corrected chi connectivity index (χ3v) is 3.36. The van der Waals surface area contributed by atoms with Crippen molar-refractivity contribution in [1.29, 1.82) is 0 Å². The van der Waals surface area contributed by atoms with Crippen molar-refractivity contribution in [2.75, 3.05) is 27.2 Å². The lowest BCUT2D eigenvalue weighted by molar-refractivity contribution is -0.127. The number of benzene rings is 1. The SMILES string of the molecule is CCCNC(=NCc1ccccc1CC)NCC(=O)N(C)C.I. The predicted molar refractivity (Wildman–Crippen MR) is 107 cm³/mol. The number of carbonyl (C=O) groups excluding carboxylic acids is 1. The minimum atomic E-state index is 0. The van der Waals surface area contributed by atoms with Crippen LogP contribution in [0.5, 0.6) is 0 Å². The van der Waals surface area contributed by atoms with Gasteiger partial charge in [-0.25, -0.2) is 4.99 Å². The van der Waals surface area contributed by atoms with Gasteiger partial charge in [-0.05, 0) is 24.0 Å². The van der Waals surface area contributed by atoms with Gasteiger partial charge in [0.1, 0.15) is 0 Å². The number of rotatable bonds is 7. The van der Waals surface area contributed by atoms with Crippen LogP contribution in [0.25, 0.3) is 0 Å². The Morgan fingerprint density at radius 1 is 1.13 bits per heavy atom. The zero-order valence-corrected chi connectivity index (χ0v) is 16.9. The van der Waals surface area contributed by atoms with Gasteiger partial charge in [0.25, 0.3) is 0 Å². The molecule has 1 aromatic rings. The predicted octanol–water partition coefficient (Wildman–Crippen LogP) is 2.40. The third kappa shape index (κ3) is 8.20. The molecule has 0 spiro atoms. The molecule has 6 heteroatoms. The standard InChI is InChI=1S/C17H28N4O.HI/c1-5-11-18-17(20-13-16(22)21(3)4)19-12-15-10-8-7-9-14(15)6-2;/h7-10H,5-6,11-13H2,1-4H3,(H2,18,19,20);1H. The van der Waals surface area contributed by atoms with Gasteiger partial charge >= 0.3 is 0 Å². The first kappa shape index (κ1) is 21.7. The van der Waals surface area contributed by atoms with Gasteiger partial charge in [0, 0.05) is 20.6 Å². The molecule has 1 rings (SSSR count). The number of carbonyl (C=O) groups is 1. The Balaban J connectivity index is 0.00000484. The molecule has 2 N–H and O–H groups in total. The minimum absolute atomic E-state index is 0. The largest absolute Gasteiger partial charge is 0.356 e. The Bertz CT molecular complexity index is 503. The van der Waals surface area contributed by atoms with Crippen LogP contribution in [-0.4, -0.2) is 44.0 Å². The molecule has 23 heavy (non-hydrogen) atoms. The Hall–Kier alpha value is -1.31. The van der Waals surface area contributed by atoms with Crippen LogP contribution >= 0.6 is 24.0 Å². The van der Waals surface area contributed by atoms with Crippen molar-refractivity contribution >= 4 is 35.8 Å². The van der Waals surface area contributed by atoms with E-state index >= 15 is 0 Å². The van der Waals surface area contributed by atoms with Crippen LogP contribution in [0.3, 0.4) is 0 Å². The summed E-state index contributed by atoms with van der Waals surface area (Å²) < 4.78 is 0. The maximum Gasteiger partial charge on any atom is 0.241 e. The van der Waals surface area contributed by atoms with Crippen LogP contribution < -0.4 is 10.6 Å². The molecule has 0 fully saturated rings. The summed E-state index contributed by atoms with van der Waals surface area (Å²) in [6, 6.07) is 8.32. The topological polar surface area (TPSA) is 56.7 Å². The number of likely N-dealkylation sites (N-methyl/N-ethyl adjacent to an activating group) is 1. The monoisotopic (exact) mass is 432 g/mol. The number of hydrogen-bond acceptors (Lipinski definition) is 2. The van der Waals surface area contributed by atoms with Gasteiger partial charge in [0.2, 0.25) is 5.91 Å². The van der Waals surface area contributed by atoms with Crippen LogP contribution in [0.4, 0.5) is 0 Å². The lowest BCUT2D eigenvalue weighted by Gasteiger charge is -2.15. The molecule has 0 unspecified atom stereocenters. The van der Waals surface area contributed by atoms with Crippen LogP contribution in [0.15, 0.2) is 29.3 Å². The Morgan fingerprint density at radius 3 is 2.35 bits per heavy atom. The maximum atomic E-state index is 11.7. The quantitative estimate of drug-likeness (QED) is 0.395. The molecular weight excluding hydrogens is 403 g/mol. The van der Waals surface area contributed by atoms with Crippen molar-refractivity contribution in [2.24, 2.45) is 4.99 Å². The third-order valence-electron chi connectivity index (χ3n) is 3.36. The first-order valence-corrected chi connectivity index (χ1v) is 7.87. The van der Waals surface area contributed by atoms with Crippen molar-refractivity contribution in [1.82, 2.24) is 15.5 Å². The molecule has 0 atom stereocenters. The second-order valence-electron chi connectivity index (χ2n) is 5.36. The van der Waals surface area contributed by atoms with Crippen molar-refractivity contribution in [3.05, 3.63) is 35.4 Å². The maximum absolute atomic E-state index is 11.7. The molecule has 1 amide bonds. The second kappa shape index (κ2) is 12.2. The van der Waals surface area contributed by atoms with E-state index in [0.29, 0.717) is 12.5 Å². The van der Waals surface area contributed by atoms with E-state index in [2.05, 4.69) is 47.7 Å². The summed E-state index contributed by atoms with van der Waals surface area (Å²) in [5.74, 6) is 0.711. The molecule has 130 valence electrons. The molecule has 0 radical (unpaired) electrons. The highest BCUT2D eigenvalue weighted by Gasteiger charge is 2.06. The van der Waals surface area contributed by atoms with E-state index in [4.69, 9.17) is 0 Å². The molecule has 0 aliphatic carbocycles. The van der Waals surface area contributed by atoms with Crippen molar-refractivity contribution in [3.8, 4) is 0 Å². The number of aliphatic imine (C=N–C) groups is 1. The van der Waals surface area contributed by atoms with Gasteiger partial charge in [0.15, 0.2) is 5.96 Å². The highest BCUT2D eigenvalue weighted by atomic mass is 127. The second-order valence-corrected chi connectivity index (χ2v) is 5.36. The lowest BCUT2D eigenvalue weighted by atomic mass is 10.1. The first-order valence-electron chi connectivity index (χ1n) is 7.87. The Morgan fingerprint density at radius 2 is 1.78 bits per heavy atom. The number of nitrogens with one attached hydrogen (secondary N) is 2. The first-order chi connectivity index (χ1) is 10.6. The van der Waals surface area contributed by atoms with Gasteiger partial charge in [0.05, 0.1) is 13.1 Å². The zero-order chi connectivity index (χ0) is 16.4. The summed E-state index contributed by atoms with van der Waals surface area (Å²) in [5.41, 5.74) is 2.53. The number of hydrogen-bond donors (Lipinski definition) is 2. The van der Waals surface area contributed by atoms with Crippen LogP contribution in [-0.2, 0) is 17.8 Å². The van der Waals surface area contributed by atoms with E-state index in [1.54, 1.807) is 19.0 Å². The van der Waals surface area contributed by atoms with Gasteiger partial charge in [-0.15, -0.1) is 24.0 Å². The number of amides is 1. The van der Waals surface area contributed by atoms with E-state index in [9.17, 15) is 4.79 Å². The molecule has 0 aliphatic rings. The normalized spacial score (nSPS) is 10.7. The van der Waals surface area contributed by atoms with Gasteiger partial charge < -0.3 is 15.5 Å². The molecule has 1 aromatic carbocycles. The molecule has 0 heterocycles. The molecule has 0 saturated carbocycles. The van der Waals surface area contributed by atoms with Crippen molar-refractivity contribution in [2.45, 2.75) is 33.2 Å². The fraction of sp³-hybridized carbons (Fsp3) is 0.529.